The lowest BCUT2D eigenvalue weighted by Crippen LogP contribution is -2.60. The first-order valence-electron chi connectivity index (χ1n) is 11.3. The molecule has 1 aliphatic carbocycles. The Morgan fingerprint density at radius 1 is 1.09 bits per heavy atom. The van der Waals surface area contributed by atoms with Gasteiger partial charge in [-0.3, -0.25) is 14.7 Å². The summed E-state index contributed by atoms with van der Waals surface area (Å²) in [6.45, 7) is -0.142. The molecule has 6 heteroatoms. The molecule has 0 aliphatic heterocycles. The summed E-state index contributed by atoms with van der Waals surface area (Å²) in [5.74, 6) is -0.295. The van der Waals surface area contributed by atoms with E-state index in [0.717, 1.165) is 47.4 Å². The van der Waals surface area contributed by atoms with E-state index in [9.17, 15) is 15.0 Å². The van der Waals surface area contributed by atoms with Crippen molar-refractivity contribution >= 4 is 5.97 Å². The Morgan fingerprint density at radius 3 is 2.52 bits per heavy atom. The van der Waals surface area contributed by atoms with Crippen LogP contribution in [-0.4, -0.2) is 45.3 Å². The minimum atomic E-state index is -1.50. The van der Waals surface area contributed by atoms with Gasteiger partial charge in [-0.2, -0.15) is 0 Å². The highest BCUT2D eigenvalue weighted by Crippen LogP contribution is 2.39. The molecule has 2 aromatic carbocycles. The molecule has 172 valence electrons. The van der Waals surface area contributed by atoms with Crippen LogP contribution in [0.1, 0.15) is 41.3 Å². The zero-order valence-electron chi connectivity index (χ0n) is 18.9. The summed E-state index contributed by atoms with van der Waals surface area (Å²) in [6.07, 6.45) is 4.60. The van der Waals surface area contributed by atoms with E-state index in [2.05, 4.69) is 11.1 Å². The van der Waals surface area contributed by atoms with Gasteiger partial charge in [-0.15, -0.1) is 0 Å². The highest BCUT2D eigenvalue weighted by Gasteiger charge is 2.48. The van der Waals surface area contributed by atoms with Gasteiger partial charge in [-0.25, -0.2) is 0 Å². The predicted molar refractivity (Wildman–Crippen MR) is 126 cm³/mol. The Morgan fingerprint density at radius 2 is 1.85 bits per heavy atom. The molecule has 1 aromatic heterocycles. The number of benzene rings is 2. The Bertz CT molecular complexity index is 1070. The number of carboxylic acids is 1. The van der Waals surface area contributed by atoms with Crippen LogP contribution >= 0.6 is 0 Å². The van der Waals surface area contributed by atoms with E-state index in [1.807, 2.05) is 65.6 Å². The van der Waals surface area contributed by atoms with E-state index in [4.69, 9.17) is 4.74 Å². The van der Waals surface area contributed by atoms with Gasteiger partial charge in [0.15, 0.2) is 0 Å². The average molecular weight is 447 g/mol. The Hall–Kier alpha value is -3.22. The summed E-state index contributed by atoms with van der Waals surface area (Å²) in [7, 11) is 1.62. The van der Waals surface area contributed by atoms with E-state index < -0.39 is 18.1 Å². The number of aromatic nitrogens is 1. The minimum absolute atomic E-state index is 0.189. The molecule has 1 heterocycles. The van der Waals surface area contributed by atoms with Crippen LogP contribution in [-0.2, 0) is 24.2 Å². The third-order valence-corrected chi connectivity index (χ3v) is 6.60. The molecule has 0 fully saturated rings. The van der Waals surface area contributed by atoms with Crippen molar-refractivity contribution in [1.82, 2.24) is 9.88 Å². The fourth-order valence-corrected chi connectivity index (χ4v) is 4.82. The lowest BCUT2D eigenvalue weighted by atomic mass is 9.83. The van der Waals surface area contributed by atoms with Crippen molar-refractivity contribution in [2.75, 3.05) is 13.7 Å². The van der Waals surface area contributed by atoms with E-state index >= 15 is 0 Å². The van der Waals surface area contributed by atoms with E-state index in [0.29, 0.717) is 6.54 Å². The summed E-state index contributed by atoms with van der Waals surface area (Å²) >= 11 is 0. The number of fused-ring (bicyclic) bond motifs is 1. The lowest BCUT2D eigenvalue weighted by molar-refractivity contribution is -0.159. The first kappa shape index (κ1) is 23.0. The highest BCUT2D eigenvalue weighted by atomic mass is 16.5. The molecule has 2 N–H and O–H groups in total. The van der Waals surface area contributed by atoms with Crippen molar-refractivity contribution in [2.24, 2.45) is 0 Å². The molecule has 3 aromatic rings. The third-order valence-electron chi connectivity index (χ3n) is 6.60. The van der Waals surface area contributed by atoms with Gasteiger partial charge in [0.05, 0.1) is 25.5 Å². The van der Waals surface area contributed by atoms with Crippen LogP contribution in [0.25, 0.3) is 0 Å². The van der Waals surface area contributed by atoms with E-state index in [1.165, 1.54) is 0 Å². The largest absolute Gasteiger partial charge is 0.497 e. The minimum Gasteiger partial charge on any atom is -0.497 e. The maximum absolute atomic E-state index is 12.9. The zero-order chi connectivity index (χ0) is 23.3. The maximum atomic E-state index is 12.9. The van der Waals surface area contributed by atoms with Crippen LogP contribution in [0.15, 0.2) is 72.9 Å². The van der Waals surface area contributed by atoms with Gasteiger partial charge in [-0.1, -0.05) is 48.5 Å². The zero-order valence-corrected chi connectivity index (χ0v) is 18.9. The molecule has 0 bridgehead atoms. The third kappa shape index (κ3) is 4.77. The van der Waals surface area contributed by atoms with Crippen molar-refractivity contribution in [3.63, 3.8) is 0 Å². The van der Waals surface area contributed by atoms with Crippen LogP contribution in [0.5, 0.6) is 5.75 Å². The second-order valence-electron chi connectivity index (χ2n) is 8.59. The number of hydrogen-bond donors (Lipinski definition) is 2. The van der Waals surface area contributed by atoms with Gasteiger partial charge < -0.3 is 14.9 Å². The maximum Gasteiger partial charge on any atom is 0.326 e. The standard InChI is InChI=1S/C27H30N2O4/c1-33-23-14-12-21(13-15-23)18-29(24-11-5-9-22-10-6-16-28-25(22)24)27(19-30,26(31)32)17-20-7-3-2-4-8-20/h2-4,6-8,10,12-16,24,30H,5,9,11,17-19H2,1H3,(H,31,32). The first-order chi connectivity index (χ1) is 16.1. The number of ether oxygens (including phenoxy) is 1. The number of pyridine rings is 1. The lowest BCUT2D eigenvalue weighted by Gasteiger charge is -2.45. The average Bonchev–Trinajstić information content (AvgIpc) is 2.86. The second kappa shape index (κ2) is 10.1. The molecule has 2 atom stereocenters. The Labute approximate surface area is 194 Å². The Kier molecular flexibility index (Phi) is 7.06. The molecule has 0 amide bonds. The molecule has 4 rings (SSSR count). The number of aliphatic carboxylic acids is 1. The summed E-state index contributed by atoms with van der Waals surface area (Å²) in [6, 6.07) is 20.9. The van der Waals surface area contributed by atoms with Crippen LogP contribution in [0.2, 0.25) is 0 Å². The summed E-state index contributed by atoms with van der Waals surface area (Å²) in [5.41, 5.74) is 2.37. The fourth-order valence-electron chi connectivity index (χ4n) is 4.82. The molecule has 2 unspecified atom stereocenters. The van der Waals surface area contributed by atoms with Crippen molar-refractivity contribution in [3.8, 4) is 5.75 Å². The topological polar surface area (TPSA) is 82.9 Å². The molecule has 0 spiro atoms. The molecule has 6 nitrogen and oxygen atoms in total. The number of aryl methyl sites for hydroxylation is 1. The normalized spacial score (nSPS) is 17.2. The monoisotopic (exact) mass is 446 g/mol. The van der Waals surface area contributed by atoms with Crippen molar-refractivity contribution in [2.45, 2.75) is 43.8 Å². The van der Waals surface area contributed by atoms with Crippen molar-refractivity contribution in [3.05, 3.63) is 95.3 Å². The van der Waals surface area contributed by atoms with Gasteiger partial charge >= 0.3 is 5.97 Å². The van der Waals surface area contributed by atoms with Gasteiger partial charge in [0, 0.05) is 19.2 Å². The predicted octanol–water partition coefficient (Wildman–Crippen LogP) is 4.03. The molecule has 0 radical (unpaired) electrons. The highest BCUT2D eigenvalue weighted by molar-refractivity contribution is 5.79. The summed E-state index contributed by atoms with van der Waals surface area (Å²) in [5, 5.41) is 21.2. The van der Waals surface area contributed by atoms with Gasteiger partial charge in [0.1, 0.15) is 11.3 Å². The second-order valence-corrected chi connectivity index (χ2v) is 8.59. The fraction of sp³-hybridized carbons (Fsp3) is 0.333. The summed E-state index contributed by atoms with van der Waals surface area (Å²) in [4.78, 5) is 19.5. The molecular weight excluding hydrogens is 416 g/mol. The van der Waals surface area contributed by atoms with Gasteiger partial charge in [0.25, 0.3) is 0 Å². The van der Waals surface area contributed by atoms with Crippen LogP contribution < -0.4 is 4.74 Å². The molecule has 1 aliphatic rings. The molecular formula is C27H30N2O4. The van der Waals surface area contributed by atoms with Crippen molar-refractivity contribution < 1.29 is 19.7 Å². The number of rotatable bonds is 9. The SMILES string of the molecule is COc1ccc(CN(C2CCCc3cccnc32)C(CO)(Cc2ccccc2)C(=O)O)cc1. The molecule has 0 saturated heterocycles. The number of methoxy groups -OCH3 is 1. The number of hydrogen-bond acceptors (Lipinski definition) is 5. The van der Waals surface area contributed by atoms with Crippen LogP contribution in [0.3, 0.4) is 0 Å². The quantitative estimate of drug-likeness (QED) is 0.516. The number of aliphatic hydroxyl groups excluding tert-OH is 1. The smallest absolute Gasteiger partial charge is 0.326 e. The van der Waals surface area contributed by atoms with E-state index in [-0.39, 0.29) is 12.5 Å². The van der Waals surface area contributed by atoms with Crippen LogP contribution in [0, 0.1) is 0 Å². The summed E-state index contributed by atoms with van der Waals surface area (Å²) < 4.78 is 5.28. The molecule has 0 saturated carbocycles. The van der Waals surface area contributed by atoms with E-state index in [1.54, 1.807) is 13.3 Å². The van der Waals surface area contributed by atoms with Crippen LogP contribution in [0.4, 0.5) is 0 Å². The van der Waals surface area contributed by atoms with Gasteiger partial charge in [0.2, 0.25) is 0 Å². The number of aliphatic hydroxyl groups is 1. The Balaban J connectivity index is 1.81. The number of nitrogens with zero attached hydrogens (tertiary/aromatic N) is 2. The van der Waals surface area contributed by atoms with Gasteiger partial charge in [-0.05, 0) is 54.2 Å². The number of carbonyl (C=O) groups is 1. The van der Waals surface area contributed by atoms with Crippen molar-refractivity contribution in [1.29, 1.82) is 0 Å². The number of carboxylic acid groups (broad SMARTS) is 1. The first-order valence-corrected chi connectivity index (χ1v) is 11.3. The molecule has 33 heavy (non-hydrogen) atoms.